The van der Waals surface area contributed by atoms with Crippen LogP contribution in [0.5, 0.6) is 0 Å². The molecule has 4 nitrogen and oxygen atoms in total. The topological polar surface area (TPSA) is 76.4 Å². The van der Waals surface area contributed by atoms with Gasteiger partial charge in [-0.05, 0) is 37.6 Å². The predicted octanol–water partition coefficient (Wildman–Crippen LogP) is 1.59. The monoisotopic (exact) mass is 240 g/mol. The van der Waals surface area contributed by atoms with Gasteiger partial charge in [0.1, 0.15) is 0 Å². The number of anilines is 1. The van der Waals surface area contributed by atoms with Crippen LogP contribution in [0.1, 0.15) is 12.5 Å². The summed E-state index contributed by atoms with van der Waals surface area (Å²) in [5, 5.41) is 3.57. The molecule has 0 radical (unpaired) electrons. The summed E-state index contributed by atoms with van der Waals surface area (Å²) < 4.78 is 0. The lowest BCUT2D eigenvalue weighted by atomic mass is 10.1. The molecule has 5 heteroatoms. The van der Waals surface area contributed by atoms with E-state index in [1.807, 2.05) is 25.1 Å². The van der Waals surface area contributed by atoms with Gasteiger partial charge in [-0.25, -0.2) is 0 Å². The van der Waals surface area contributed by atoms with Crippen molar-refractivity contribution in [1.82, 2.24) is 0 Å². The second kappa shape index (κ2) is 6.35. The number of aliphatic imine (C=N–C) groups is 1. The van der Waals surface area contributed by atoms with Crippen LogP contribution in [0.15, 0.2) is 23.2 Å². The van der Waals surface area contributed by atoms with E-state index >= 15 is 0 Å². The summed E-state index contributed by atoms with van der Waals surface area (Å²) in [5.74, 6) is 0.371. The summed E-state index contributed by atoms with van der Waals surface area (Å²) in [6.45, 7) is 3.17. The third-order valence-electron chi connectivity index (χ3n) is 2.06. The van der Waals surface area contributed by atoms with E-state index < -0.39 is 0 Å². The standard InChI is InChI=1S/C11H17ClN4/c1-2-15-11(14)16-10-4-3-8(5-6-13)7-9(10)12/h3-4,7H,2,5-6,13H2,1H3,(H3,14,15,16). The van der Waals surface area contributed by atoms with Crippen LogP contribution in [0.3, 0.4) is 0 Å². The van der Waals surface area contributed by atoms with Crippen molar-refractivity contribution in [1.29, 1.82) is 0 Å². The van der Waals surface area contributed by atoms with Crippen molar-refractivity contribution in [3.8, 4) is 0 Å². The smallest absolute Gasteiger partial charge is 0.193 e. The predicted molar refractivity (Wildman–Crippen MR) is 70.0 cm³/mol. The highest BCUT2D eigenvalue weighted by atomic mass is 35.5. The Morgan fingerprint density at radius 1 is 1.50 bits per heavy atom. The molecule has 0 saturated carbocycles. The second-order valence-electron chi connectivity index (χ2n) is 3.34. The highest BCUT2D eigenvalue weighted by Gasteiger charge is 2.02. The Kier molecular flexibility index (Phi) is 5.08. The molecule has 0 bridgehead atoms. The number of benzene rings is 1. The summed E-state index contributed by atoms with van der Waals surface area (Å²) >= 11 is 6.10. The zero-order valence-electron chi connectivity index (χ0n) is 9.33. The van der Waals surface area contributed by atoms with Gasteiger partial charge < -0.3 is 16.8 Å². The molecule has 5 N–H and O–H groups in total. The van der Waals surface area contributed by atoms with Crippen LogP contribution in [-0.2, 0) is 6.42 Å². The van der Waals surface area contributed by atoms with Gasteiger partial charge in [0.15, 0.2) is 5.96 Å². The highest BCUT2D eigenvalue weighted by molar-refractivity contribution is 6.33. The quantitative estimate of drug-likeness (QED) is 0.553. The first kappa shape index (κ1) is 12.8. The minimum Gasteiger partial charge on any atom is -0.370 e. The van der Waals surface area contributed by atoms with Gasteiger partial charge in [0.2, 0.25) is 0 Å². The zero-order valence-corrected chi connectivity index (χ0v) is 10.1. The SMILES string of the molecule is CCN=C(N)Nc1ccc(CCN)cc1Cl. The Morgan fingerprint density at radius 2 is 2.25 bits per heavy atom. The number of hydrogen-bond acceptors (Lipinski definition) is 2. The fourth-order valence-electron chi connectivity index (χ4n) is 1.33. The average Bonchev–Trinajstić information content (AvgIpc) is 2.23. The Balaban J connectivity index is 2.78. The van der Waals surface area contributed by atoms with Gasteiger partial charge in [0.25, 0.3) is 0 Å². The maximum Gasteiger partial charge on any atom is 0.193 e. The number of nitrogens with one attached hydrogen (secondary N) is 1. The van der Waals surface area contributed by atoms with Gasteiger partial charge in [-0.1, -0.05) is 17.7 Å². The lowest BCUT2D eigenvalue weighted by Crippen LogP contribution is -2.22. The Hall–Kier alpha value is -1.26. The van der Waals surface area contributed by atoms with E-state index in [-0.39, 0.29) is 0 Å². The Morgan fingerprint density at radius 3 is 2.81 bits per heavy atom. The Bertz CT molecular complexity index is 376. The number of nitrogens with zero attached hydrogens (tertiary/aromatic N) is 1. The zero-order chi connectivity index (χ0) is 12.0. The third kappa shape index (κ3) is 3.72. The van der Waals surface area contributed by atoms with Crippen molar-refractivity contribution >= 4 is 23.2 Å². The Labute approximate surface area is 101 Å². The molecule has 0 amide bonds. The van der Waals surface area contributed by atoms with Gasteiger partial charge in [0, 0.05) is 6.54 Å². The first-order chi connectivity index (χ1) is 7.67. The molecule has 1 aromatic rings. The molecule has 0 heterocycles. The fourth-order valence-corrected chi connectivity index (χ4v) is 1.58. The van der Waals surface area contributed by atoms with Crippen molar-refractivity contribution in [3.63, 3.8) is 0 Å². The number of nitrogens with two attached hydrogens (primary N) is 2. The molecule has 0 unspecified atom stereocenters. The number of halogens is 1. The van der Waals surface area contributed by atoms with Gasteiger partial charge in [-0.2, -0.15) is 0 Å². The molecule has 0 aliphatic heterocycles. The van der Waals surface area contributed by atoms with Crippen LogP contribution in [-0.4, -0.2) is 19.0 Å². The van der Waals surface area contributed by atoms with Crippen molar-refractivity contribution in [2.45, 2.75) is 13.3 Å². The average molecular weight is 241 g/mol. The molecule has 0 atom stereocenters. The summed E-state index contributed by atoms with van der Waals surface area (Å²) in [6.07, 6.45) is 0.818. The number of hydrogen-bond donors (Lipinski definition) is 3. The third-order valence-corrected chi connectivity index (χ3v) is 2.37. The molecule has 0 aliphatic carbocycles. The number of guanidine groups is 1. The molecule has 16 heavy (non-hydrogen) atoms. The van der Waals surface area contributed by atoms with Crippen LogP contribution in [0.2, 0.25) is 5.02 Å². The summed E-state index contributed by atoms with van der Waals surface area (Å²) in [5.41, 5.74) is 13.0. The van der Waals surface area contributed by atoms with E-state index in [1.54, 1.807) is 0 Å². The second-order valence-corrected chi connectivity index (χ2v) is 3.74. The number of rotatable bonds is 4. The summed E-state index contributed by atoms with van der Waals surface area (Å²) in [6, 6.07) is 5.74. The lowest BCUT2D eigenvalue weighted by Gasteiger charge is -2.08. The molecule has 0 spiro atoms. The largest absolute Gasteiger partial charge is 0.370 e. The summed E-state index contributed by atoms with van der Waals surface area (Å²) in [4.78, 5) is 4.02. The van der Waals surface area contributed by atoms with Crippen LogP contribution in [0.4, 0.5) is 5.69 Å². The van der Waals surface area contributed by atoms with E-state index in [1.165, 1.54) is 0 Å². The van der Waals surface area contributed by atoms with Crippen molar-refractivity contribution < 1.29 is 0 Å². The maximum atomic E-state index is 6.10. The highest BCUT2D eigenvalue weighted by Crippen LogP contribution is 2.22. The maximum absolute atomic E-state index is 6.10. The van der Waals surface area contributed by atoms with Crippen molar-refractivity contribution in [2.75, 3.05) is 18.4 Å². The normalized spacial score (nSPS) is 11.6. The lowest BCUT2D eigenvalue weighted by molar-refractivity contribution is 0.969. The van der Waals surface area contributed by atoms with E-state index in [4.69, 9.17) is 23.1 Å². The molecule has 88 valence electrons. The molecular weight excluding hydrogens is 224 g/mol. The first-order valence-corrected chi connectivity index (χ1v) is 5.60. The van der Waals surface area contributed by atoms with Crippen LogP contribution in [0.25, 0.3) is 0 Å². The van der Waals surface area contributed by atoms with Gasteiger partial charge in [0.05, 0.1) is 10.7 Å². The van der Waals surface area contributed by atoms with E-state index in [0.717, 1.165) is 17.7 Å². The minimum atomic E-state index is 0.371. The first-order valence-electron chi connectivity index (χ1n) is 5.22. The van der Waals surface area contributed by atoms with Crippen molar-refractivity contribution in [2.24, 2.45) is 16.5 Å². The minimum absolute atomic E-state index is 0.371. The van der Waals surface area contributed by atoms with E-state index in [0.29, 0.717) is 24.1 Å². The molecule has 0 fully saturated rings. The van der Waals surface area contributed by atoms with Crippen LogP contribution in [0, 0.1) is 0 Å². The molecule has 1 rings (SSSR count). The van der Waals surface area contributed by atoms with E-state index in [2.05, 4.69) is 10.3 Å². The fraction of sp³-hybridized carbons (Fsp3) is 0.364. The van der Waals surface area contributed by atoms with Gasteiger partial charge in [-0.15, -0.1) is 0 Å². The van der Waals surface area contributed by atoms with E-state index in [9.17, 15) is 0 Å². The van der Waals surface area contributed by atoms with Gasteiger partial charge in [-0.3, -0.25) is 4.99 Å². The van der Waals surface area contributed by atoms with Gasteiger partial charge >= 0.3 is 0 Å². The van der Waals surface area contributed by atoms with Crippen LogP contribution < -0.4 is 16.8 Å². The molecule has 1 aromatic carbocycles. The van der Waals surface area contributed by atoms with Crippen LogP contribution >= 0.6 is 11.6 Å². The van der Waals surface area contributed by atoms with Crippen molar-refractivity contribution in [3.05, 3.63) is 28.8 Å². The summed E-state index contributed by atoms with van der Waals surface area (Å²) in [7, 11) is 0. The molecule has 0 aromatic heterocycles. The molecule has 0 saturated heterocycles. The molecular formula is C11H17ClN4. The molecule has 0 aliphatic rings.